The van der Waals surface area contributed by atoms with Gasteiger partial charge in [-0.3, -0.25) is 9.36 Å². The summed E-state index contributed by atoms with van der Waals surface area (Å²) in [5.41, 5.74) is 2.59. The third kappa shape index (κ3) is 5.13. The highest BCUT2D eigenvalue weighted by Gasteiger charge is 2.28. The Balaban J connectivity index is 1.66. The highest BCUT2D eigenvalue weighted by Crippen LogP contribution is 2.26. The average molecular weight is 513 g/mol. The van der Waals surface area contributed by atoms with Crippen molar-refractivity contribution >= 4 is 34.2 Å². The quantitative estimate of drug-likeness (QED) is 0.273. The smallest absolute Gasteiger partial charge is 0.322 e. The molecule has 5 rings (SSSR count). The van der Waals surface area contributed by atoms with Gasteiger partial charge in [-0.1, -0.05) is 47.5 Å². The first-order valence-electron chi connectivity index (χ1n) is 11.8. The number of fused-ring (bicyclic) bond motifs is 1. The summed E-state index contributed by atoms with van der Waals surface area (Å²) in [5, 5.41) is 3.85. The van der Waals surface area contributed by atoms with Gasteiger partial charge >= 0.3 is 6.03 Å². The normalized spacial score (nSPS) is 11.9. The van der Waals surface area contributed by atoms with Crippen LogP contribution in [0.2, 0.25) is 5.02 Å². The number of carbonyl (C=O) groups is 1. The van der Waals surface area contributed by atoms with Crippen LogP contribution in [0.25, 0.3) is 16.6 Å². The molecule has 2 amide bonds. The Morgan fingerprint density at radius 2 is 1.81 bits per heavy atom. The second-order valence-electron chi connectivity index (χ2n) is 8.79. The lowest BCUT2D eigenvalue weighted by molar-refractivity contribution is 0.179. The van der Waals surface area contributed by atoms with E-state index in [4.69, 9.17) is 21.0 Å². The van der Waals surface area contributed by atoms with Gasteiger partial charge in [0.2, 0.25) is 0 Å². The fourth-order valence-corrected chi connectivity index (χ4v) is 4.38. The fraction of sp³-hybridized carbons (Fsp3) is 0.138. The van der Waals surface area contributed by atoms with Gasteiger partial charge in [0, 0.05) is 10.7 Å². The van der Waals surface area contributed by atoms with Gasteiger partial charge in [0.15, 0.2) is 0 Å². The molecule has 8 heteroatoms. The number of furan rings is 1. The van der Waals surface area contributed by atoms with Crippen LogP contribution in [0.15, 0.2) is 100 Å². The zero-order valence-corrected chi connectivity index (χ0v) is 21.1. The molecular formula is C29H25ClN4O3. The van der Waals surface area contributed by atoms with E-state index in [2.05, 4.69) is 5.32 Å². The molecule has 1 atom stereocenters. The van der Waals surface area contributed by atoms with E-state index in [0.717, 1.165) is 5.56 Å². The van der Waals surface area contributed by atoms with Crippen LogP contribution < -0.4 is 10.9 Å². The minimum absolute atomic E-state index is 0.171. The lowest BCUT2D eigenvalue weighted by atomic mass is 10.1. The van der Waals surface area contributed by atoms with Crippen LogP contribution in [0.1, 0.15) is 30.1 Å². The largest absolute Gasteiger partial charge is 0.467 e. The average Bonchev–Trinajstić information content (AvgIpc) is 3.41. The molecule has 5 aromatic rings. The number of hydrogen-bond acceptors (Lipinski definition) is 4. The summed E-state index contributed by atoms with van der Waals surface area (Å²) in [6.07, 6.45) is 1.56. The number of benzene rings is 3. The number of hydrogen-bond donors (Lipinski definition) is 1. The highest BCUT2D eigenvalue weighted by atomic mass is 35.5. The third-order valence-electron chi connectivity index (χ3n) is 6.18. The zero-order valence-electron chi connectivity index (χ0n) is 20.4. The first-order valence-corrected chi connectivity index (χ1v) is 12.2. The number of rotatable bonds is 6. The van der Waals surface area contributed by atoms with Gasteiger partial charge in [0.25, 0.3) is 5.56 Å². The van der Waals surface area contributed by atoms with Crippen molar-refractivity contribution in [2.75, 3.05) is 5.32 Å². The van der Waals surface area contributed by atoms with Crippen molar-refractivity contribution in [3.05, 3.63) is 124 Å². The number of para-hydroxylation sites is 1. The molecule has 0 aliphatic rings. The number of nitrogens with one attached hydrogen (secondary N) is 1. The molecule has 0 aliphatic carbocycles. The topological polar surface area (TPSA) is 80.4 Å². The van der Waals surface area contributed by atoms with Crippen molar-refractivity contribution in [1.82, 2.24) is 14.5 Å². The Bertz CT molecular complexity index is 1600. The third-order valence-corrected chi connectivity index (χ3v) is 6.42. The van der Waals surface area contributed by atoms with Crippen molar-refractivity contribution in [1.29, 1.82) is 0 Å². The SMILES string of the molecule is Cc1ccc(-n2c(C(C)N(Cc3ccco3)C(=O)Nc3ccccc3)nc3cc(Cl)ccc3c2=O)cc1. The Morgan fingerprint density at radius 3 is 2.51 bits per heavy atom. The number of nitrogens with zero attached hydrogens (tertiary/aromatic N) is 3. The van der Waals surface area contributed by atoms with E-state index in [0.29, 0.717) is 38.9 Å². The Hall–Kier alpha value is -4.36. The van der Waals surface area contributed by atoms with Gasteiger partial charge < -0.3 is 14.6 Å². The molecule has 0 saturated carbocycles. The minimum Gasteiger partial charge on any atom is -0.467 e. The Labute approximate surface area is 218 Å². The molecule has 1 N–H and O–H groups in total. The molecule has 0 fully saturated rings. The molecule has 7 nitrogen and oxygen atoms in total. The summed E-state index contributed by atoms with van der Waals surface area (Å²) in [7, 11) is 0. The molecule has 186 valence electrons. The van der Waals surface area contributed by atoms with Crippen LogP contribution in [0, 0.1) is 6.92 Å². The van der Waals surface area contributed by atoms with E-state index in [1.807, 2.05) is 68.4 Å². The maximum Gasteiger partial charge on any atom is 0.322 e. The lowest BCUT2D eigenvalue weighted by Gasteiger charge is -2.30. The number of halogens is 1. The number of urea groups is 1. The summed E-state index contributed by atoms with van der Waals surface area (Å²) in [6, 6.07) is 24.4. The summed E-state index contributed by atoms with van der Waals surface area (Å²) >= 11 is 6.24. The predicted molar refractivity (Wildman–Crippen MR) is 145 cm³/mol. The van der Waals surface area contributed by atoms with Crippen LogP contribution >= 0.6 is 11.6 Å². The lowest BCUT2D eigenvalue weighted by Crippen LogP contribution is -2.39. The van der Waals surface area contributed by atoms with Crippen molar-refractivity contribution in [3.8, 4) is 5.69 Å². The molecule has 0 aliphatic heterocycles. The maximum absolute atomic E-state index is 13.8. The summed E-state index contributed by atoms with van der Waals surface area (Å²) in [6.45, 7) is 4.00. The molecule has 37 heavy (non-hydrogen) atoms. The number of aromatic nitrogens is 2. The fourth-order valence-electron chi connectivity index (χ4n) is 4.21. The van der Waals surface area contributed by atoms with Crippen LogP contribution in [0.4, 0.5) is 10.5 Å². The highest BCUT2D eigenvalue weighted by molar-refractivity contribution is 6.31. The monoisotopic (exact) mass is 512 g/mol. The second-order valence-corrected chi connectivity index (χ2v) is 9.22. The molecule has 0 spiro atoms. The summed E-state index contributed by atoms with van der Waals surface area (Å²) < 4.78 is 7.12. The van der Waals surface area contributed by atoms with Gasteiger partial charge in [-0.05, 0) is 68.4 Å². The zero-order chi connectivity index (χ0) is 25.9. The molecule has 0 radical (unpaired) electrons. The van der Waals surface area contributed by atoms with Gasteiger partial charge in [-0.25, -0.2) is 9.78 Å². The van der Waals surface area contributed by atoms with Gasteiger partial charge in [-0.15, -0.1) is 0 Å². The van der Waals surface area contributed by atoms with Crippen LogP contribution in [0.5, 0.6) is 0 Å². The van der Waals surface area contributed by atoms with Crippen molar-refractivity contribution in [2.24, 2.45) is 0 Å². The van der Waals surface area contributed by atoms with Crippen molar-refractivity contribution < 1.29 is 9.21 Å². The van der Waals surface area contributed by atoms with E-state index in [1.165, 1.54) is 0 Å². The second kappa shape index (κ2) is 10.3. The van der Waals surface area contributed by atoms with E-state index in [-0.39, 0.29) is 18.1 Å². The van der Waals surface area contributed by atoms with Crippen LogP contribution in [0.3, 0.4) is 0 Å². The predicted octanol–water partition coefficient (Wildman–Crippen LogP) is 6.74. The van der Waals surface area contributed by atoms with E-state index in [9.17, 15) is 9.59 Å². The number of aryl methyl sites for hydroxylation is 1. The summed E-state index contributed by atoms with van der Waals surface area (Å²) in [4.78, 5) is 33.8. The number of anilines is 1. The van der Waals surface area contributed by atoms with Gasteiger partial charge in [-0.2, -0.15) is 0 Å². The minimum atomic E-state index is -0.619. The van der Waals surface area contributed by atoms with Gasteiger partial charge in [0.05, 0.1) is 35.4 Å². The van der Waals surface area contributed by atoms with Crippen molar-refractivity contribution in [3.63, 3.8) is 0 Å². The Kier molecular flexibility index (Phi) is 6.79. The van der Waals surface area contributed by atoms with E-state index < -0.39 is 6.04 Å². The molecule has 1 unspecified atom stereocenters. The number of carbonyl (C=O) groups excluding carboxylic acids is 1. The maximum atomic E-state index is 13.8. The van der Waals surface area contributed by atoms with Crippen LogP contribution in [-0.4, -0.2) is 20.5 Å². The molecule has 3 aromatic carbocycles. The first-order chi connectivity index (χ1) is 17.9. The van der Waals surface area contributed by atoms with E-state index >= 15 is 0 Å². The first kappa shape index (κ1) is 24.3. The van der Waals surface area contributed by atoms with Gasteiger partial charge in [0.1, 0.15) is 11.6 Å². The molecule has 2 heterocycles. The van der Waals surface area contributed by atoms with Crippen molar-refractivity contribution in [2.45, 2.75) is 26.4 Å². The van der Waals surface area contributed by atoms with Crippen LogP contribution in [-0.2, 0) is 6.54 Å². The Morgan fingerprint density at radius 1 is 1.05 bits per heavy atom. The molecule has 0 saturated heterocycles. The standard InChI is InChI=1S/C29H25ClN4O3/c1-19-10-13-23(14-11-19)34-27(32-26-17-21(30)12-15-25(26)28(34)35)20(2)33(18-24-9-6-16-37-24)29(36)31-22-7-4-3-5-8-22/h3-17,20H,18H2,1-2H3,(H,31,36). The molecule has 0 bridgehead atoms. The van der Waals surface area contributed by atoms with E-state index in [1.54, 1.807) is 46.1 Å². The summed E-state index contributed by atoms with van der Waals surface area (Å²) in [5.74, 6) is 1.00. The molecular weight excluding hydrogens is 488 g/mol. The number of amides is 2. The molecule has 2 aromatic heterocycles.